The summed E-state index contributed by atoms with van der Waals surface area (Å²) in [4.78, 5) is 26.0. The van der Waals surface area contributed by atoms with Crippen LogP contribution in [0.15, 0.2) is 84.4 Å². The van der Waals surface area contributed by atoms with Gasteiger partial charge in [0.25, 0.3) is 0 Å². The van der Waals surface area contributed by atoms with E-state index in [1.54, 1.807) is 6.33 Å². The first-order chi connectivity index (χ1) is 14.7. The quantitative estimate of drug-likeness (QED) is 0.548. The molecule has 0 saturated carbocycles. The molecule has 1 amide bonds. The Hall–Kier alpha value is -4.06. The van der Waals surface area contributed by atoms with Crippen molar-refractivity contribution in [1.29, 1.82) is 0 Å². The molecule has 6 nitrogen and oxygen atoms in total. The van der Waals surface area contributed by atoms with E-state index in [0.29, 0.717) is 5.69 Å². The van der Waals surface area contributed by atoms with Crippen LogP contribution in [0, 0.1) is 6.92 Å². The molecule has 6 heteroatoms. The summed E-state index contributed by atoms with van der Waals surface area (Å²) in [6.45, 7) is 1.94. The first-order valence-electron chi connectivity index (χ1n) is 9.70. The number of hydrogen-bond donors (Lipinski definition) is 1. The first kappa shape index (κ1) is 18.0. The molecule has 0 saturated heterocycles. The molecule has 3 heterocycles. The van der Waals surface area contributed by atoms with Gasteiger partial charge in [-0.3, -0.25) is 9.79 Å². The number of amides is 1. The zero-order chi connectivity index (χ0) is 20.5. The molecule has 30 heavy (non-hydrogen) atoms. The molecule has 0 spiro atoms. The van der Waals surface area contributed by atoms with Crippen LogP contribution in [0.25, 0.3) is 16.9 Å². The zero-order valence-corrected chi connectivity index (χ0v) is 16.4. The largest absolute Gasteiger partial charge is 0.324 e. The summed E-state index contributed by atoms with van der Waals surface area (Å²) in [6.07, 6.45) is 5.71. The van der Waals surface area contributed by atoms with Crippen molar-refractivity contribution >= 4 is 23.0 Å². The summed E-state index contributed by atoms with van der Waals surface area (Å²) in [7, 11) is 0. The molecule has 1 aliphatic heterocycles. The highest BCUT2D eigenvalue weighted by atomic mass is 16.1. The van der Waals surface area contributed by atoms with Crippen molar-refractivity contribution in [2.24, 2.45) is 4.99 Å². The number of nitrogens with one attached hydrogen (secondary N) is 1. The molecule has 0 unspecified atom stereocenters. The fourth-order valence-corrected chi connectivity index (χ4v) is 3.56. The van der Waals surface area contributed by atoms with Crippen molar-refractivity contribution in [3.8, 4) is 16.9 Å². The fraction of sp³-hybridized carbons (Fsp3) is 0.0833. The Morgan fingerprint density at radius 2 is 1.77 bits per heavy atom. The van der Waals surface area contributed by atoms with Gasteiger partial charge in [0.2, 0.25) is 5.91 Å². The van der Waals surface area contributed by atoms with Gasteiger partial charge in [-0.15, -0.1) is 0 Å². The molecule has 2 aromatic heterocycles. The lowest BCUT2D eigenvalue weighted by Crippen LogP contribution is -2.15. The molecule has 0 atom stereocenters. The minimum atomic E-state index is -0.0829. The van der Waals surface area contributed by atoms with Gasteiger partial charge in [-0.05, 0) is 55.0 Å². The van der Waals surface area contributed by atoms with Gasteiger partial charge in [0, 0.05) is 29.3 Å². The summed E-state index contributed by atoms with van der Waals surface area (Å²) in [5, 5.41) is 2.99. The number of aromatic nitrogens is 3. The molecule has 146 valence electrons. The Balaban J connectivity index is 1.55. The normalized spacial score (nSPS) is 13.2. The second-order valence-corrected chi connectivity index (χ2v) is 7.20. The summed E-state index contributed by atoms with van der Waals surface area (Å²) in [6, 6.07) is 19.7. The predicted octanol–water partition coefficient (Wildman–Crippen LogP) is 4.71. The van der Waals surface area contributed by atoms with Crippen molar-refractivity contribution < 1.29 is 4.79 Å². The van der Waals surface area contributed by atoms with Crippen molar-refractivity contribution in [1.82, 2.24) is 14.5 Å². The molecule has 2 aromatic carbocycles. The maximum absolute atomic E-state index is 12.6. The maximum Gasteiger partial charge on any atom is 0.230 e. The number of aryl methyl sites for hydroxylation is 1. The van der Waals surface area contributed by atoms with Crippen LogP contribution in [0.4, 0.5) is 11.4 Å². The van der Waals surface area contributed by atoms with Crippen molar-refractivity contribution in [2.75, 3.05) is 5.32 Å². The fourth-order valence-electron chi connectivity index (χ4n) is 3.56. The minimum Gasteiger partial charge on any atom is -0.324 e. The van der Waals surface area contributed by atoms with E-state index in [0.717, 1.165) is 39.6 Å². The topological polar surface area (TPSA) is 72.2 Å². The summed E-state index contributed by atoms with van der Waals surface area (Å²) < 4.78 is 2.00. The number of anilines is 1. The third kappa shape index (κ3) is 3.51. The van der Waals surface area contributed by atoms with E-state index in [9.17, 15) is 4.79 Å². The van der Waals surface area contributed by atoms with Gasteiger partial charge >= 0.3 is 0 Å². The van der Waals surface area contributed by atoms with Crippen LogP contribution in [0.5, 0.6) is 0 Å². The SMILES string of the molecule is Cc1cc(-c2cccc(C3=Nc4ccc(-n5cccc5)cc4NC(=O)C3)c2)ncn1. The van der Waals surface area contributed by atoms with Gasteiger partial charge in [0.05, 0.1) is 29.2 Å². The standard InChI is InChI=1S/C24H19N5O/c1-16-11-21(26-15-25-16)17-5-4-6-18(12-17)22-14-24(30)28-23-13-19(7-8-20(23)27-22)29-9-2-3-10-29/h2-13,15H,14H2,1H3,(H,28,30). The number of fused-ring (bicyclic) bond motifs is 1. The molecule has 0 bridgehead atoms. The molecule has 0 aliphatic carbocycles. The number of carbonyl (C=O) groups is 1. The van der Waals surface area contributed by atoms with Gasteiger partial charge < -0.3 is 9.88 Å². The van der Waals surface area contributed by atoms with Gasteiger partial charge in [0.1, 0.15) is 6.33 Å². The van der Waals surface area contributed by atoms with E-state index in [1.165, 1.54) is 0 Å². The van der Waals surface area contributed by atoms with E-state index in [4.69, 9.17) is 4.99 Å². The smallest absolute Gasteiger partial charge is 0.230 e. The van der Waals surface area contributed by atoms with Crippen LogP contribution >= 0.6 is 0 Å². The molecular formula is C24H19N5O. The van der Waals surface area contributed by atoms with Crippen molar-refractivity contribution in [3.05, 3.63) is 90.6 Å². The highest BCUT2D eigenvalue weighted by Crippen LogP contribution is 2.32. The lowest BCUT2D eigenvalue weighted by atomic mass is 10.0. The average Bonchev–Trinajstić information content (AvgIpc) is 3.23. The Kier molecular flexibility index (Phi) is 4.44. The molecule has 1 N–H and O–H groups in total. The summed E-state index contributed by atoms with van der Waals surface area (Å²) >= 11 is 0. The minimum absolute atomic E-state index is 0.0829. The monoisotopic (exact) mass is 393 g/mol. The highest BCUT2D eigenvalue weighted by Gasteiger charge is 2.18. The van der Waals surface area contributed by atoms with Crippen LogP contribution < -0.4 is 5.32 Å². The molecular weight excluding hydrogens is 374 g/mol. The number of carbonyl (C=O) groups excluding carboxylic acids is 1. The molecule has 4 aromatic rings. The van der Waals surface area contributed by atoms with Crippen molar-refractivity contribution in [3.63, 3.8) is 0 Å². The van der Waals surface area contributed by atoms with Crippen LogP contribution in [-0.4, -0.2) is 26.2 Å². The van der Waals surface area contributed by atoms with Crippen LogP contribution in [0.3, 0.4) is 0 Å². The number of hydrogen-bond acceptors (Lipinski definition) is 4. The zero-order valence-electron chi connectivity index (χ0n) is 16.4. The lowest BCUT2D eigenvalue weighted by molar-refractivity contribution is -0.115. The highest BCUT2D eigenvalue weighted by molar-refractivity contribution is 6.17. The number of benzene rings is 2. The third-order valence-electron chi connectivity index (χ3n) is 5.04. The van der Waals surface area contributed by atoms with Crippen molar-refractivity contribution in [2.45, 2.75) is 13.3 Å². The molecule has 0 fully saturated rings. The predicted molar refractivity (Wildman–Crippen MR) is 117 cm³/mol. The first-order valence-corrected chi connectivity index (χ1v) is 9.70. The van der Waals surface area contributed by atoms with Crippen LogP contribution in [0.1, 0.15) is 17.7 Å². The molecule has 0 radical (unpaired) electrons. The van der Waals surface area contributed by atoms with Gasteiger partial charge in [0.15, 0.2) is 0 Å². The summed E-state index contributed by atoms with van der Waals surface area (Å²) in [5.74, 6) is -0.0829. The van der Waals surface area contributed by atoms with Crippen LogP contribution in [-0.2, 0) is 4.79 Å². The van der Waals surface area contributed by atoms with E-state index in [1.807, 2.05) is 84.5 Å². The number of aliphatic imine (C=N–C) groups is 1. The summed E-state index contributed by atoms with van der Waals surface area (Å²) in [5.41, 5.74) is 6.78. The van der Waals surface area contributed by atoms with Gasteiger partial charge in [-0.25, -0.2) is 9.97 Å². The lowest BCUT2D eigenvalue weighted by Gasteiger charge is -2.08. The molecule has 1 aliphatic rings. The third-order valence-corrected chi connectivity index (χ3v) is 5.04. The Morgan fingerprint density at radius 1 is 0.933 bits per heavy atom. The van der Waals surface area contributed by atoms with Gasteiger partial charge in [-0.2, -0.15) is 0 Å². The maximum atomic E-state index is 12.6. The van der Waals surface area contributed by atoms with Crippen LogP contribution in [0.2, 0.25) is 0 Å². The number of nitrogens with zero attached hydrogens (tertiary/aromatic N) is 4. The Morgan fingerprint density at radius 3 is 2.60 bits per heavy atom. The van der Waals surface area contributed by atoms with E-state index >= 15 is 0 Å². The van der Waals surface area contributed by atoms with E-state index < -0.39 is 0 Å². The Bertz CT molecular complexity index is 1270. The average molecular weight is 393 g/mol. The second-order valence-electron chi connectivity index (χ2n) is 7.20. The van der Waals surface area contributed by atoms with E-state index in [-0.39, 0.29) is 12.3 Å². The van der Waals surface area contributed by atoms with E-state index in [2.05, 4.69) is 15.3 Å². The van der Waals surface area contributed by atoms with Gasteiger partial charge in [-0.1, -0.05) is 18.2 Å². The Labute approximate surface area is 174 Å². The second kappa shape index (κ2) is 7.40. The molecule has 5 rings (SSSR count). The number of rotatable bonds is 3.